The predicted octanol–water partition coefficient (Wildman–Crippen LogP) is 1.67. The van der Waals surface area contributed by atoms with Crippen molar-refractivity contribution in [1.82, 2.24) is 0 Å². The lowest BCUT2D eigenvalue weighted by Crippen LogP contribution is -2.29. The number of benzene rings is 1. The number of hydrogen-bond acceptors (Lipinski definition) is 3. The van der Waals surface area contributed by atoms with Crippen LogP contribution in [-0.4, -0.2) is 13.9 Å². The molecule has 0 aliphatic carbocycles. The molecule has 16 heavy (non-hydrogen) atoms. The second-order valence-corrected chi connectivity index (χ2v) is 4.46. The van der Waals surface area contributed by atoms with Crippen molar-refractivity contribution in [2.24, 2.45) is 0 Å². The highest BCUT2D eigenvalue weighted by Crippen LogP contribution is 2.26. The Bertz CT molecular complexity index is 498. The molecule has 0 atom stereocenters. The van der Waals surface area contributed by atoms with Gasteiger partial charge in [0, 0.05) is 0 Å². The molecule has 3 N–H and O–H groups in total. The lowest BCUT2D eigenvalue weighted by atomic mass is 10.3. The van der Waals surface area contributed by atoms with Gasteiger partial charge < -0.3 is 5.73 Å². The van der Waals surface area contributed by atoms with Crippen LogP contribution in [0.15, 0.2) is 18.2 Å². The molecule has 0 aliphatic rings. The van der Waals surface area contributed by atoms with E-state index in [-0.39, 0.29) is 0 Å². The first kappa shape index (κ1) is 12.6. The molecule has 0 spiro atoms. The summed E-state index contributed by atoms with van der Waals surface area (Å²) in [4.78, 5) is 0. The molecule has 1 rings (SSSR count). The van der Waals surface area contributed by atoms with Gasteiger partial charge in [-0.05, 0) is 18.2 Å². The Labute approximate surface area is 88.1 Å². The summed E-state index contributed by atoms with van der Waals surface area (Å²) in [6.07, 6.45) is 0. The fourth-order valence-corrected chi connectivity index (χ4v) is 1.37. The van der Waals surface area contributed by atoms with E-state index in [0.29, 0.717) is 0 Å². The molecule has 0 amide bonds. The second-order valence-electron chi connectivity index (χ2n) is 2.79. The van der Waals surface area contributed by atoms with Crippen LogP contribution in [-0.2, 0) is 10.0 Å². The van der Waals surface area contributed by atoms with Gasteiger partial charge in [-0.25, -0.2) is 4.39 Å². The number of alkyl halides is 3. The van der Waals surface area contributed by atoms with Crippen molar-refractivity contribution in [2.75, 3.05) is 10.5 Å². The molecule has 0 unspecified atom stereocenters. The zero-order chi connectivity index (χ0) is 12.6. The molecule has 0 aliphatic heterocycles. The third kappa shape index (κ3) is 2.54. The van der Waals surface area contributed by atoms with Crippen LogP contribution in [0.3, 0.4) is 0 Å². The van der Waals surface area contributed by atoms with Gasteiger partial charge in [-0.3, -0.25) is 4.72 Å². The minimum atomic E-state index is -5.51. The van der Waals surface area contributed by atoms with Gasteiger partial charge in [-0.1, -0.05) is 0 Å². The first-order valence-corrected chi connectivity index (χ1v) is 5.26. The van der Waals surface area contributed by atoms with Crippen LogP contribution >= 0.6 is 0 Å². The highest BCUT2D eigenvalue weighted by Gasteiger charge is 2.46. The van der Waals surface area contributed by atoms with Gasteiger partial charge in [0.25, 0.3) is 0 Å². The Kier molecular flexibility index (Phi) is 2.99. The van der Waals surface area contributed by atoms with Gasteiger partial charge in [0.1, 0.15) is 5.82 Å². The van der Waals surface area contributed by atoms with E-state index < -0.39 is 32.7 Å². The number of nitrogens with one attached hydrogen (secondary N) is 1. The first-order chi connectivity index (χ1) is 7.13. The summed E-state index contributed by atoms with van der Waals surface area (Å²) in [5.74, 6) is -0.852. The summed E-state index contributed by atoms with van der Waals surface area (Å²) >= 11 is 0. The van der Waals surface area contributed by atoms with E-state index in [1.165, 1.54) is 4.72 Å². The minimum absolute atomic E-state index is 0.456. The molecule has 0 radical (unpaired) electrons. The average molecular weight is 258 g/mol. The Morgan fingerprint density at radius 3 is 2.25 bits per heavy atom. The molecule has 0 aromatic heterocycles. The van der Waals surface area contributed by atoms with Crippen LogP contribution in [0.5, 0.6) is 0 Å². The number of anilines is 2. The van der Waals surface area contributed by atoms with Gasteiger partial charge in [0.2, 0.25) is 0 Å². The molecule has 4 nitrogen and oxygen atoms in total. The molecule has 90 valence electrons. The smallest absolute Gasteiger partial charge is 0.396 e. The summed E-state index contributed by atoms with van der Waals surface area (Å²) in [5.41, 5.74) is -1.29. The van der Waals surface area contributed by atoms with Crippen LogP contribution in [0, 0.1) is 5.82 Å². The Morgan fingerprint density at radius 2 is 1.81 bits per heavy atom. The van der Waals surface area contributed by atoms with Gasteiger partial charge >= 0.3 is 15.5 Å². The zero-order valence-corrected chi connectivity index (χ0v) is 8.36. The van der Waals surface area contributed by atoms with Crippen molar-refractivity contribution in [1.29, 1.82) is 0 Å². The Balaban J connectivity index is 3.03. The van der Waals surface area contributed by atoms with E-state index in [1.807, 2.05) is 0 Å². The van der Waals surface area contributed by atoms with Crippen molar-refractivity contribution >= 4 is 21.4 Å². The minimum Gasteiger partial charge on any atom is -0.396 e. The molecule has 0 saturated carbocycles. The van der Waals surface area contributed by atoms with Crippen molar-refractivity contribution in [3.8, 4) is 0 Å². The number of rotatable bonds is 2. The lowest BCUT2D eigenvalue weighted by Gasteiger charge is -2.10. The van der Waals surface area contributed by atoms with E-state index in [2.05, 4.69) is 0 Å². The van der Waals surface area contributed by atoms with Gasteiger partial charge in [-0.15, -0.1) is 0 Å². The number of nitrogens with two attached hydrogens (primary N) is 1. The predicted molar refractivity (Wildman–Crippen MR) is 49.4 cm³/mol. The molecule has 0 bridgehead atoms. The molecule has 1 aromatic rings. The summed E-state index contributed by atoms with van der Waals surface area (Å²) in [6.45, 7) is 0. The van der Waals surface area contributed by atoms with E-state index in [1.54, 1.807) is 0 Å². The van der Waals surface area contributed by atoms with E-state index in [0.717, 1.165) is 18.2 Å². The van der Waals surface area contributed by atoms with Crippen LogP contribution in [0.2, 0.25) is 0 Å². The van der Waals surface area contributed by atoms with Gasteiger partial charge in [-0.2, -0.15) is 21.6 Å². The number of hydrogen-bond donors (Lipinski definition) is 2. The van der Waals surface area contributed by atoms with Crippen LogP contribution in [0.4, 0.5) is 28.9 Å². The number of sulfonamides is 1. The second kappa shape index (κ2) is 3.81. The van der Waals surface area contributed by atoms with Crippen LogP contribution in [0.25, 0.3) is 0 Å². The summed E-state index contributed by atoms with van der Waals surface area (Å²) in [6, 6.07) is 2.33. The topological polar surface area (TPSA) is 72.2 Å². The monoisotopic (exact) mass is 258 g/mol. The Hall–Kier alpha value is -1.51. The van der Waals surface area contributed by atoms with Crippen molar-refractivity contribution < 1.29 is 26.0 Å². The SMILES string of the molecule is Nc1cc(NS(=O)(=O)C(F)(F)F)ccc1F. The maximum atomic E-state index is 12.6. The first-order valence-electron chi connectivity index (χ1n) is 3.77. The molecular formula is C7H6F4N2O2S. The van der Waals surface area contributed by atoms with Crippen LogP contribution < -0.4 is 10.5 Å². The van der Waals surface area contributed by atoms with Crippen molar-refractivity contribution in [3.05, 3.63) is 24.0 Å². The molecule has 9 heteroatoms. The van der Waals surface area contributed by atoms with E-state index in [9.17, 15) is 26.0 Å². The molecule has 0 heterocycles. The zero-order valence-electron chi connectivity index (χ0n) is 7.55. The highest BCUT2D eigenvalue weighted by molar-refractivity contribution is 7.93. The molecular weight excluding hydrogens is 252 g/mol. The quantitative estimate of drug-likeness (QED) is 0.626. The van der Waals surface area contributed by atoms with Crippen molar-refractivity contribution in [2.45, 2.75) is 5.51 Å². The standard InChI is InChI=1S/C7H6F4N2O2S/c8-5-2-1-4(3-6(5)12)13-16(14,15)7(9,10)11/h1-3,13H,12H2. The summed E-state index contributed by atoms with van der Waals surface area (Å²) in [5, 5.41) is 0. The third-order valence-corrected chi connectivity index (χ3v) is 2.67. The normalized spacial score (nSPS) is 12.5. The van der Waals surface area contributed by atoms with Gasteiger partial charge in [0.15, 0.2) is 0 Å². The average Bonchev–Trinajstić information content (AvgIpc) is 2.09. The lowest BCUT2D eigenvalue weighted by molar-refractivity contribution is -0.0429. The molecule has 0 fully saturated rings. The highest BCUT2D eigenvalue weighted by atomic mass is 32.2. The van der Waals surface area contributed by atoms with E-state index in [4.69, 9.17) is 5.73 Å². The number of halogens is 4. The molecule has 0 saturated heterocycles. The fourth-order valence-electron chi connectivity index (χ4n) is 0.820. The maximum absolute atomic E-state index is 12.6. The van der Waals surface area contributed by atoms with Crippen molar-refractivity contribution in [3.63, 3.8) is 0 Å². The van der Waals surface area contributed by atoms with E-state index >= 15 is 0 Å². The largest absolute Gasteiger partial charge is 0.516 e. The summed E-state index contributed by atoms with van der Waals surface area (Å²) in [7, 11) is -5.51. The fraction of sp³-hybridized carbons (Fsp3) is 0.143. The Morgan fingerprint density at radius 1 is 1.25 bits per heavy atom. The maximum Gasteiger partial charge on any atom is 0.516 e. The van der Waals surface area contributed by atoms with Crippen LogP contribution in [0.1, 0.15) is 0 Å². The summed E-state index contributed by atoms with van der Waals surface area (Å²) < 4.78 is 71.0. The molecule has 1 aromatic carbocycles. The third-order valence-electron chi connectivity index (χ3n) is 1.55. The number of nitrogen functional groups attached to an aromatic ring is 1. The van der Waals surface area contributed by atoms with Gasteiger partial charge in [0.05, 0.1) is 11.4 Å².